The lowest BCUT2D eigenvalue weighted by molar-refractivity contribution is -0.120. The van der Waals surface area contributed by atoms with Crippen molar-refractivity contribution in [2.24, 2.45) is 17.8 Å². The molecule has 4 atom stereocenters. The zero-order chi connectivity index (χ0) is 36.8. The SMILES string of the molecule is CC1=C2CC[C@@](C)(CCC[C@H](C)CCC[C@H](C)CCCC(C)C)OC2=C(C)[C@](C)(c2cc3c(c([Si](C)(C)C)c2C)C(=O)c2ccccc2-3)C1=O. The number of Topliss-reactive ketones (excluding diaryl/α,β-unsaturated/α-hetero) is 1. The summed E-state index contributed by atoms with van der Waals surface area (Å²) < 4.78 is 7.10. The smallest absolute Gasteiger partial charge is 0.194 e. The Bertz CT molecular complexity index is 1700. The molecule has 2 aliphatic carbocycles. The van der Waals surface area contributed by atoms with Crippen LogP contribution in [0.2, 0.25) is 19.6 Å². The molecule has 3 aliphatic rings. The fourth-order valence-corrected chi connectivity index (χ4v) is 11.7. The van der Waals surface area contributed by atoms with E-state index in [4.69, 9.17) is 4.74 Å². The molecule has 272 valence electrons. The van der Waals surface area contributed by atoms with E-state index >= 15 is 0 Å². The molecule has 0 bridgehead atoms. The maximum Gasteiger partial charge on any atom is 0.194 e. The third kappa shape index (κ3) is 7.30. The highest BCUT2D eigenvalue weighted by Crippen LogP contribution is 2.51. The summed E-state index contributed by atoms with van der Waals surface area (Å²) in [6, 6.07) is 10.2. The molecule has 0 aromatic heterocycles. The van der Waals surface area contributed by atoms with Gasteiger partial charge in [-0.25, -0.2) is 0 Å². The van der Waals surface area contributed by atoms with Crippen molar-refractivity contribution in [3.8, 4) is 11.1 Å². The predicted molar refractivity (Wildman–Crippen MR) is 214 cm³/mol. The molecule has 1 aliphatic heterocycles. The van der Waals surface area contributed by atoms with E-state index in [1.807, 2.05) is 25.1 Å². The summed E-state index contributed by atoms with van der Waals surface area (Å²) in [7, 11) is -2.00. The number of ketones is 2. The molecule has 0 spiro atoms. The second kappa shape index (κ2) is 14.7. The first kappa shape index (κ1) is 38.5. The average Bonchev–Trinajstić information content (AvgIpc) is 3.32. The van der Waals surface area contributed by atoms with Crippen molar-refractivity contribution >= 4 is 24.8 Å². The summed E-state index contributed by atoms with van der Waals surface area (Å²) in [5, 5.41) is 1.19. The Morgan fingerprint density at radius 2 is 1.38 bits per heavy atom. The Balaban J connectivity index is 1.37. The van der Waals surface area contributed by atoms with E-state index < -0.39 is 13.5 Å². The topological polar surface area (TPSA) is 43.4 Å². The van der Waals surface area contributed by atoms with Gasteiger partial charge in [0.2, 0.25) is 0 Å². The molecule has 4 heteroatoms. The van der Waals surface area contributed by atoms with Crippen molar-refractivity contribution in [2.45, 2.75) is 164 Å². The lowest BCUT2D eigenvalue weighted by Gasteiger charge is -2.45. The van der Waals surface area contributed by atoms with Gasteiger partial charge in [-0.05, 0) is 117 Å². The minimum atomic E-state index is -2.00. The van der Waals surface area contributed by atoms with Crippen molar-refractivity contribution in [3.05, 3.63) is 75.1 Å². The third-order valence-corrected chi connectivity index (χ3v) is 14.8. The number of ether oxygens (including phenoxy) is 1. The number of hydrogen-bond acceptors (Lipinski definition) is 3. The van der Waals surface area contributed by atoms with Crippen LogP contribution in [0.4, 0.5) is 0 Å². The summed E-state index contributed by atoms with van der Waals surface area (Å²) in [6.07, 6.45) is 13.4. The summed E-state index contributed by atoms with van der Waals surface area (Å²) in [6.45, 7) is 27.2. The maximum absolute atomic E-state index is 14.6. The minimum absolute atomic E-state index is 0.128. The number of fused-ring (bicyclic) bond motifs is 4. The zero-order valence-corrected chi connectivity index (χ0v) is 34.6. The highest BCUT2D eigenvalue weighted by atomic mass is 28.3. The quantitative estimate of drug-likeness (QED) is 0.158. The Labute approximate surface area is 305 Å². The van der Waals surface area contributed by atoms with Gasteiger partial charge in [-0.3, -0.25) is 9.59 Å². The Hall–Kier alpha value is -2.72. The molecule has 2 aromatic carbocycles. The van der Waals surface area contributed by atoms with Crippen molar-refractivity contribution in [2.75, 3.05) is 0 Å². The van der Waals surface area contributed by atoms with Crippen LogP contribution in [0.1, 0.15) is 153 Å². The summed E-state index contributed by atoms with van der Waals surface area (Å²) >= 11 is 0. The van der Waals surface area contributed by atoms with Crippen LogP contribution in [0.3, 0.4) is 0 Å². The van der Waals surface area contributed by atoms with Gasteiger partial charge in [-0.2, -0.15) is 0 Å². The molecule has 1 saturated heterocycles. The van der Waals surface area contributed by atoms with E-state index in [0.717, 1.165) is 92.9 Å². The van der Waals surface area contributed by atoms with Crippen LogP contribution in [0.5, 0.6) is 0 Å². The molecular weight excluding hydrogens is 629 g/mol. The van der Waals surface area contributed by atoms with Crippen LogP contribution < -0.4 is 5.19 Å². The largest absolute Gasteiger partial charge is 0.487 e. The first-order valence-corrected chi connectivity index (χ1v) is 23.4. The van der Waals surface area contributed by atoms with Crippen molar-refractivity contribution < 1.29 is 14.3 Å². The van der Waals surface area contributed by atoms with Crippen molar-refractivity contribution in [1.29, 1.82) is 0 Å². The predicted octanol–water partition coefficient (Wildman–Crippen LogP) is 12.2. The molecule has 2 aromatic rings. The summed E-state index contributed by atoms with van der Waals surface area (Å²) in [5.41, 5.74) is 7.62. The van der Waals surface area contributed by atoms with E-state index in [9.17, 15) is 9.59 Å². The van der Waals surface area contributed by atoms with Crippen LogP contribution in [0.15, 0.2) is 52.8 Å². The van der Waals surface area contributed by atoms with E-state index in [1.165, 1.54) is 56.6 Å². The van der Waals surface area contributed by atoms with Gasteiger partial charge in [0, 0.05) is 22.3 Å². The fourth-order valence-electron chi connectivity index (χ4n) is 9.47. The van der Waals surface area contributed by atoms with E-state index in [0.29, 0.717) is 0 Å². The Morgan fingerprint density at radius 3 is 1.98 bits per heavy atom. The minimum Gasteiger partial charge on any atom is -0.487 e. The maximum atomic E-state index is 14.6. The number of allylic oxidation sites excluding steroid dienone is 3. The van der Waals surface area contributed by atoms with E-state index in [2.05, 4.69) is 87.2 Å². The third-order valence-electron chi connectivity index (χ3n) is 12.7. The van der Waals surface area contributed by atoms with Crippen molar-refractivity contribution in [1.82, 2.24) is 0 Å². The van der Waals surface area contributed by atoms with Gasteiger partial charge in [0.05, 0.1) is 13.5 Å². The number of carbonyl (C=O) groups is 2. The fraction of sp³-hybridized carbons (Fsp3) is 0.609. The molecule has 0 saturated carbocycles. The second-order valence-electron chi connectivity index (χ2n) is 18.4. The highest BCUT2D eigenvalue weighted by Gasteiger charge is 2.49. The summed E-state index contributed by atoms with van der Waals surface area (Å²) in [4.78, 5) is 28.5. The van der Waals surface area contributed by atoms with Gasteiger partial charge in [0.15, 0.2) is 11.6 Å². The molecule has 0 radical (unpaired) electrons. The lowest BCUT2D eigenvalue weighted by atomic mass is 9.64. The second-order valence-corrected chi connectivity index (χ2v) is 23.4. The molecule has 1 heterocycles. The zero-order valence-electron chi connectivity index (χ0n) is 33.6. The lowest BCUT2D eigenvalue weighted by Crippen LogP contribution is -2.47. The monoisotopic (exact) mass is 694 g/mol. The van der Waals surface area contributed by atoms with Crippen LogP contribution in [0, 0.1) is 24.7 Å². The molecule has 0 unspecified atom stereocenters. The first-order chi connectivity index (χ1) is 23.4. The number of carbonyl (C=O) groups excluding carboxylic acids is 2. The van der Waals surface area contributed by atoms with Crippen molar-refractivity contribution in [3.63, 3.8) is 0 Å². The van der Waals surface area contributed by atoms with Crippen LogP contribution in [-0.2, 0) is 14.9 Å². The molecule has 0 N–H and O–H groups in total. The van der Waals surface area contributed by atoms with Crippen LogP contribution in [0.25, 0.3) is 11.1 Å². The molecular formula is C46H66O3Si. The van der Waals surface area contributed by atoms with Gasteiger partial charge in [-0.1, -0.05) is 117 Å². The average molecular weight is 695 g/mol. The van der Waals surface area contributed by atoms with Gasteiger partial charge in [0.1, 0.15) is 11.4 Å². The molecule has 0 amide bonds. The van der Waals surface area contributed by atoms with Gasteiger partial charge in [-0.15, -0.1) is 0 Å². The standard InChI is InChI=1S/C46H66O3Si/c1-29(2)18-15-19-30(3)20-16-21-31(4)22-17-26-45(8)27-25-35-32(5)44(48)46(9,34(7)42(35)49-45)39-28-38-36-23-13-14-24-37(36)41(47)40(38)43(33(39)6)50(10,11)12/h13-14,23-24,28-31H,15-22,25-27H2,1-12H3/t30-,31-,45-,46-/m1/s1. The van der Waals surface area contributed by atoms with Gasteiger partial charge in [0.25, 0.3) is 0 Å². The molecule has 5 rings (SSSR count). The number of benzene rings is 2. The highest BCUT2D eigenvalue weighted by molar-refractivity contribution is 6.90. The van der Waals surface area contributed by atoms with E-state index in [1.54, 1.807) is 0 Å². The van der Waals surface area contributed by atoms with Gasteiger partial charge < -0.3 is 4.74 Å². The summed E-state index contributed by atoms with van der Waals surface area (Å²) in [5.74, 6) is 3.64. The number of rotatable bonds is 14. The normalized spacial score (nSPS) is 23.2. The Morgan fingerprint density at radius 1 is 0.800 bits per heavy atom. The molecule has 3 nitrogen and oxygen atoms in total. The number of hydrogen-bond donors (Lipinski definition) is 0. The van der Waals surface area contributed by atoms with E-state index in [-0.39, 0.29) is 17.2 Å². The first-order valence-electron chi connectivity index (χ1n) is 19.9. The van der Waals surface area contributed by atoms with Crippen LogP contribution >= 0.6 is 0 Å². The molecule has 50 heavy (non-hydrogen) atoms. The van der Waals surface area contributed by atoms with Gasteiger partial charge >= 0.3 is 0 Å². The molecule has 1 fully saturated rings. The Kier molecular flexibility index (Phi) is 11.3. The van der Waals surface area contributed by atoms with Crippen LogP contribution in [-0.4, -0.2) is 25.2 Å².